The number of benzene rings is 1. The minimum atomic E-state index is -1.95. The van der Waals surface area contributed by atoms with Gasteiger partial charge in [0.1, 0.15) is 0 Å². The summed E-state index contributed by atoms with van der Waals surface area (Å²) in [7, 11) is -1.95. The lowest BCUT2D eigenvalue weighted by atomic mass is 9.92. The number of hydrogen-bond acceptors (Lipinski definition) is 2. The first-order chi connectivity index (χ1) is 10.5. The molecule has 0 heterocycles. The van der Waals surface area contributed by atoms with Crippen molar-refractivity contribution in [2.24, 2.45) is 0 Å². The summed E-state index contributed by atoms with van der Waals surface area (Å²) < 4.78 is 5.96. The first-order valence-electron chi connectivity index (χ1n) is 8.13. The molecule has 0 radical (unpaired) electrons. The van der Waals surface area contributed by atoms with Crippen molar-refractivity contribution < 1.29 is 9.22 Å². The van der Waals surface area contributed by atoms with Crippen molar-refractivity contribution in [3.8, 4) is 0 Å². The summed E-state index contributed by atoms with van der Waals surface area (Å²) in [5, 5.41) is 0. The van der Waals surface area contributed by atoms with E-state index in [0.29, 0.717) is 5.57 Å². The average molecular weight is 317 g/mol. The van der Waals surface area contributed by atoms with Crippen LogP contribution in [0.1, 0.15) is 39.2 Å². The van der Waals surface area contributed by atoms with E-state index in [-0.39, 0.29) is 11.9 Å². The Morgan fingerprint density at radius 1 is 1.18 bits per heavy atom. The molecule has 0 aliphatic rings. The van der Waals surface area contributed by atoms with Crippen molar-refractivity contribution in [3.05, 3.63) is 60.2 Å². The molecule has 0 saturated carbocycles. The topological polar surface area (TPSA) is 26.3 Å². The predicted molar refractivity (Wildman–Crippen MR) is 96.4 cm³/mol. The molecular formula is C19H28O2Si. The Hall–Kier alpha value is -1.61. The number of rotatable bonds is 8. The second kappa shape index (κ2) is 8.74. The van der Waals surface area contributed by atoms with E-state index in [4.69, 9.17) is 4.43 Å². The number of carbonyl (C=O) groups is 1. The molecule has 120 valence electrons. The highest BCUT2D eigenvalue weighted by Gasteiger charge is 2.34. The second-order valence-corrected chi connectivity index (χ2v) is 10.3. The summed E-state index contributed by atoms with van der Waals surface area (Å²) in [6.07, 6.45) is 3.96. The van der Waals surface area contributed by atoms with Gasteiger partial charge < -0.3 is 4.43 Å². The van der Waals surface area contributed by atoms with Crippen molar-refractivity contribution in [1.29, 1.82) is 0 Å². The van der Waals surface area contributed by atoms with Gasteiger partial charge in [0.05, 0.1) is 0 Å². The van der Waals surface area contributed by atoms with E-state index in [0.717, 1.165) is 23.7 Å². The van der Waals surface area contributed by atoms with Gasteiger partial charge in [-0.25, -0.2) is 4.79 Å². The van der Waals surface area contributed by atoms with Gasteiger partial charge >= 0.3 is 5.97 Å². The summed E-state index contributed by atoms with van der Waals surface area (Å²) in [6.45, 7) is 12.4. The number of carbonyl (C=O) groups excluding carboxylic acids is 1. The van der Waals surface area contributed by atoms with Crippen molar-refractivity contribution in [3.63, 3.8) is 0 Å². The third-order valence-electron chi connectivity index (χ3n) is 4.42. The largest absolute Gasteiger partial charge is 0.516 e. The maximum absolute atomic E-state index is 12.6. The van der Waals surface area contributed by atoms with Crippen LogP contribution in [0.3, 0.4) is 0 Å². The van der Waals surface area contributed by atoms with Crippen LogP contribution in [0.5, 0.6) is 0 Å². The molecule has 1 aromatic carbocycles. The molecule has 0 amide bonds. The van der Waals surface area contributed by atoms with Crippen LogP contribution < -0.4 is 0 Å². The third kappa shape index (κ3) is 4.44. The summed E-state index contributed by atoms with van der Waals surface area (Å²) in [6, 6.07) is 12.8. The SMILES string of the molecule is C=C(C(=O)O[Si](CC)(CC)CC)C(/C=C/C)c1ccccc1. The van der Waals surface area contributed by atoms with Crippen LogP contribution in [0.15, 0.2) is 54.6 Å². The van der Waals surface area contributed by atoms with Crippen LogP contribution >= 0.6 is 0 Å². The Morgan fingerprint density at radius 2 is 1.73 bits per heavy atom. The lowest BCUT2D eigenvalue weighted by Gasteiger charge is -2.29. The fourth-order valence-corrected chi connectivity index (χ4v) is 5.09. The van der Waals surface area contributed by atoms with Gasteiger partial charge in [0.25, 0.3) is 8.32 Å². The zero-order valence-electron chi connectivity index (χ0n) is 14.3. The highest BCUT2D eigenvalue weighted by atomic mass is 28.4. The van der Waals surface area contributed by atoms with E-state index in [1.165, 1.54) is 0 Å². The lowest BCUT2D eigenvalue weighted by molar-refractivity contribution is -0.131. The van der Waals surface area contributed by atoms with Gasteiger partial charge in [0, 0.05) is 11.5 Å². The first-order valence-corrected chi connectivity index (χ1v) is 10.7. The Bertz CT molecular complexity index is 507. The third-order valence-corrected chi connectivity index (χ3v) is 8.91. The molecule has 0 fully saturated rings. The van der Waals surface area contributed by atoms with E-state index >= 15 is 0 Å². The molecule has 0 aromatic heterocycles. The Kier molecular flexibility index (Phi) is 7.32. The number of allylic oxidation sites excluding steroid dienone is 2. The molecule has 3 heteroatoms. The molecule has 1 aromatic rings. The zero-order valence-corrected chi connectivity index (χ0v) is 15.3. The van der Waals surface area contributed by atoms with Gasteiger partial charge in [-0.2, -0.15) is 0 Å². The molecule has 1 unspecified atom stereocenters. The molecule has 0 aliphatic carbocycles. The Labute approximate surface area is 136 Å². The van der Waals surface area contributed by atoms with E-state index < -0.39 is 8.32 Å². The summed E-state index contributed by atoms with van der Waals surface area (Å²) >= 11 is 0. The summed E-state index contributed by atoms with van der Waals surface area (Å²) in [5.41, 5.74) is 1.59. The lowest BCUT2D eigenvalue weighted by Crippen LogP contribution is -2.39. The van der Waals surface area contributed by atoms with Crippen LogP contribution in [0.2, 0.25) is 18.1 Å². The van der Waals surface area contributed by atoms with Crippen molar-refractivity contribution >= 4 is 14.3 Å². The molecule has 0 aliphatic heterocycles. The number of hydrogen-bond donors (Lipinski definition) is 0. The molecule has 0 N–H and O–H groups in total. The molecule has 0 spiro atoms. The maximum atomic E-state index is 12.6. The quantitative estimate of drug-likeness (QED) is 0.362. The van der Waals surface area contributed by atoms with Gasteiger partial charge in [-0.3, -0.25) is 0 Å². The van der Waals surface area contributed by atoms with Gasteiger partial charge in [-0.1, -0.05) is 69.8 Å². The van der Waals surface area contributed by atoms with E-state index in [9.17, 15) is 4.79 Å². The minimum absolute atomic E-state index is 0.115. The monoisotopic (exact) mass is 316 g/mol. The van der Waals surface area contributed by atoms with Gasteiger partial charge in [-0.15, -0.1) is 0 Å². The van der Waals surface area contributed by atoms with Crippen molar-refractivity contribution in [2.75, 3.05) is 0 Å². The fraction of sp³-hybridized carbons (Fsp3) is 0.421. The first kappa shape index (κ1) is 18.4. The average Bonchev–Trinajstić information content (AvgIpc) is 2.57. The fourth-order valence-electron chi connectivity index (χ4n) is 2.64. The van der Waals surface area contributed by atoms with Gasteiger partial charge in [-0.05, 0) is 30.6 Å². The molecular weight excluding hydrogens is 288 g/mol. The highest BCUT2D eigenvalue weighted by Crippen LogP contribution is 2.29. The molecule has 1 atom stereocenters. The van der Waals surface area contributed by atoms with Crippen LogP contribution in [-0.2, 0) is 9.22 Å². The molecule has 1 rings (SSSR count). The van der Waals surface area contributed by atoms with E-state index in [1.54, 1.807) is 0 Å². The standard InChI is InChI=1S/C19H28O2Si/c1-6-13-18(17-14-11-10-12-15-17)16(5)19(20)21-22(7-2,8-3)9-4/h6,10-15,18H,5,7-9H2,1-4H3/b13-6+. The van der Waals surface area contributed by atoms with Gasteiger partial charge in [0.15, 0.2) is 0 Å². The Morgan fingerprint density at radius 3 is 2.18 bits per heavy atom. The smallest absolute Gasteiger partial charge is 0.321 e. The van der Waals surface area contributed by atoms with E-state index in [2.05, 4.69) is 27.4 Å². The van der Waals surface area contributed by atoms with Crippen LogP contribution in [0, 0.1) is 0 Å². The maximum Gasteiger partial charge on any atom is 0.321 e. The van der Waals surface area contributed by atoms with Crippen molar-refractivity contribution in [2.45, 2.75) is 51.7 Å². The van der Waals surface area contributed by atoms with E-state index in [1.807, 2.05) is 49.4 Å². The van der Waals surface area contributed by atoms with Crippen molar-refractivity contribution in [1.82, 2.24) is 0 Å². The molecule has 0 bridgehead atoms. The molecule has 0 saturated heterocycles. The molecule has 22 heavy (non-hydrogen) atoms. The van der Waals surface area contributed by atoms with Crippen LogP contribution in [0.25, 0.3) is 0 Å². The minimum Gasteiger partial charge on any atom is -0.516 e. The van der Waals surface area contributed by atoms with Crippen LogP contribution in [0.4, 0.5) is 0 Å². The second-order valence-electron chi connectivity index (χ2n) is 5.57. The van der Waals surface area contributed by atoms with Gasteiger partial charge in [0.2, 0.25) is 0 Å². The summed E-state index contributed by atoms with van der Waals surface area (Å²) in [5.74, 6) is -0.347. The normalized spacial score (nSPS) is 13.1. The van der Waals surface area contributed by atoms with Crippen LogP contribution in [-0.4, -0.2) is 14.3 Å². The zero-order chi connectivity index (χ0) is 16.6. The summed E-state index contributed by atoms with van der Waals surface area (Å²) in [4.78, 5) is 12.6. The predicted octanol–water partition coefficient (Wildman–Crippen LogP) is 5.45. The highest BCUT2D eigenvalue weighted by molar-refractivity contribution is 6.75. The molecule has 2 nitrogen and oxygen atoms in total. The Balaban J connectivity index is 2.98.